The Morgan fingerprint density at radius 1 is 1.37 bits per heavy atom. The molecule has 19 heavy (non-hydrogen) atoms. The number of nitrogens with one attached hydrogen (secondary N) is 2. The summed E-state index contributed by atoms with van der Waals surface area (Å²) in [5, 5.41) is 1.07. The highest BCUT2D eigenvalue weighted by Gasteiger charge is 2.41. The first-order valence-electron chi connectivity index (χ1n) is 5.79. The molecule has 1 unspecified atom stereocenters. The van der Waals surface area contributed by atoms with Crippen LogP contribution in [0.25, 0.3) is 17.0 Å². The maximum atomic E-state index is 12.0. The maximum absolute atomic E-state index is 12.0. The number of hydrogen-bond donors (Lipinski definition) is 5. The van der Waals surface area contributed by atoms with Gasteiger partial charge in [0.25, 0.3) is 0 Å². The van der Waals surface area contributed by atoms with Crippen LogP contribution in [0.1, 0.15) is 17.2 Å². The molecule has 2 aromatic rings. The van der Waals surface area contributed by atoms with Crippen molar-refractivity contribution >= 4 is 48.1 Å². The Labute approximate surface area is 121 Å². The number of H-pyrrole nitrogens is 1. The molecule has 1 aromatic heterocycles. The zero-order chi connectivity index (χ0) is 13.6. The molecule has 0 saturated heterocycles. The predicted octanol–water partition coefficient (Wildman–Crippen LogP) is 1.82. The summed E-state index contributed by atoms with van der Waals surface area (Å²) in [6, 6.07) is 7.89. The van der Waals surface area contributed by atoms with E-state index in [4.69, 9.17) is 5.84 Å². The number of carbonyl (C=O) groups is 1. The highest BCUT2D eigenvalue weighted by Crippen LogP contribution is 2.45. The molecule has 1 amide bonds. The van der Waals surface area contributed by atoms with Crippen LogP contribution in [-0.2, 0) is 4.79 Å². The predicted molar refractivity (Wildman–Crippen MR) is 83.1 cm³/mol. The zero-order valence-corrected chi connectivity index (χ0v) is 11.7. The third kappa shape index (κ3) is 1.87. The summed E-state index contributed by atoms with van der Waals surface area (Å²) in [6.07, 6.45) is 3.75. The van der Waals surface area contributed by atoms with Crippen LogP contribution in [0.4, 0.5) is 0 Å². The Morgan fingerprint density at radius 2 is 2.11 bits per heavy atom. The van der Waals surface area contributed by atoms with Gasteiger partial charge in [0.1, 0.15) is 5.92 Å². The molecule has 1 aromatic carbocycles. The van der Waals surface area contributed by atoms with Crippen molar-refractivity contribution in [1.29, 1.82) is 0 Å². The van der Waals surface area contributed by atoms with Crippen molar-refractivity contribution in [3.05, 3.63) is 41.6 Å². The van der Waals surface area contributed by atoms with Crippen molar-refractivity contribution in [2.75, 3.05) is 0 Å². The first-order chi connectivity index (χ1) is 9.04. The minimum Gasteiger partial charge on any atom is -0.357 e. The largest absolute Gasteiger partial charge is 0.357 e. The number of thiol groups is 2. The Bertz CT molecular complexity index is 690. The van der Waals surface area contributed by atoms with Crippen LogP contribution in [0, 0.1) is 0 Å². The van der Waals surface area contributed by atoms with E-state index in [9.17, 15) is 4.79 Å². The molecule has 0 fully saturated rings. The lowest BCUT2D eigenvalue weighted by atomic mass is 9.90. The molecule has 0 spiro atoms. The number of para-hydroxylation sites is 1. The van der Waals surface area contributed by atoms with Gasteiger partial charge in [-0.05, 0) is 6.07 Å². The van der Waals surface area contributed by atoms with Crippen molar-refractivity contribution in [3.8, 4) is 0 Å². The average molecular weight is 291 g/mol. The lowest BCUT2D eigenvalue weighted by molar-refractivity contribution is -0.122. The van der Waals surface area contributed by atoms with Crippen LogP contribution in [-0.4, -0.2) is 15.0 Å². The lowest BCUT2D eigenvalue weighted by Gasteiger charge is -2.31. The summed E-state index contributed by atoms with van der Waals surface area (Å²) in [7, 11) is 0. The van der Waals surface area contributed by atoms with E-state index in [2.05, 4.69) is 35.7 Å². The van der Waals surface area contributed by atoms with E-state index in [1.54, 1.807) is 0 Å². The monoisotopic (exact) mass is 291 g/mol. The molecular formula is C13H13N3OS2. The number of carbonyl (C=O) groups excluding carboxylic acids is 1. The van der Waals surface area contributed by atoms with E-state index < -0.39 is 10.00 Å². The number of aromatic nitrogens is 1. The fourth-order valence-electron chi connectivity index (χ4n) is 2.51. The number of fused-ring (bicyclic) bond motifs is 3. The average Bonchev–Trinajstić information content (AvgIpc) is 2.75. The molecule has 3 rings (SSSR count). The fourth-order valence-corrected chi connectivity index (χ4v) is 3.16. The lowest BCUT2D eigenvalue weighted by Crippen LogP contribution is -2.42. The summed E-state index contributed by atoms with van der Waals surface area (Å²) in [6.45, 7) is 0. The quantitative estimate of drug-likeness (QED) is 0.183. The van der Waals surface area contributed by atoms with E-state index in [1.165, 1.54) is 0 Å². The zero-order valence-electron chi connectivity index (χ0n) is 9.92. The fraction of sp³-hybridized carbons (Fsp3) is 0.154. The van der Waals surface area contributed by atoms with Gasteiger partial charge in [-0.25, -0.2) is 5.84 Å². The third-order valence-corrected chi connectivity index (χ3v) is 4.20. The number of aromatic amines is 1. The van der Waals surface area contributed by atoms with Crippen molar-refractivity contribution in [3.63, 3.8) is 0 Å². The minimum atomic E-state index is -0.878. The summed E-state index contributed by atoms with van der Waals surface area (Å²) in [4.78, 5) is 15.3. The molecule has 98 valence electrons. The Morgan fingerprint density at radius 3 is 2.84 bits per heavy atom. The number of amides is 1. The van der Waals surface area contributed by atoms with Gasteiger partial charge in [0.15, 0.2) is 0 Å². The first kappa shape index (κ1) is 12.7. The number of rotatable bonds is 1. The number of benzene rings is 1. The van der Waals surface area contributed by atoms with Gasteiger partial charge in [0.2, 0.25) is 5.91 Å². The van der Waals surface area contributed by atoms with Crippen molar-refractivity contribution < 1.29 is 4.79 Å². The van der Waals surface area contributed by atoms with Gasteiger partial charge in [0, 0.05) is 22.2 Å². The number of hydrazine groups is 1. The van der Waals surface area contributed by atoms with Crippen molar-refractivity contribution in [2.45, 2.75) is 10.00 Å². The Hall–Kier alpha value is -1.37. The molecule has 4 N–H and O–H groups in total. The molecule has 0 saturated carbocycles. The number of hydrogen-bond acceptors (Lipinski definition) is 4. The van der Waals surface area contributed by atoms with E-state index in [0.29, 0.717) is 0 Å². The second kappa shape index (κ2) is 4.33. The second-order valence-corrected chi connectivity index (χ2v) is 6.39. The number of nitrogens with two attached hydrogens (primary N) is 1. The van der Waals surface area contributed by atoms with Crippen LogP contribution in [0.15, 0.2) is 30.3 Å². The Kier molecular flexibility index (Phi) is 2.88. The summed E-state index contributed by atoms with van der Waals surface area (Å²) in [5.41, 5.74) is 4.94. The topological polar surface area (TPSA) is 70.9 Å². The molecule has 0 aliphatic heterocycles. The highest BCUT2D eigenvalue weighted by atomic mass is 32.2. The van der Waals surface area contributed by atoms with E-state index in [1.807, 2.05) is 36.4 Å². The standard InChI is InChI=1S/C13H13N3OS2/c14-16-12(17)10-11-8(5-6-13(10,18)19)7-3-1-2-4-9(7)15-11/h1-6,10,15,18-19H,14H2,(H,16,17). The summed E-state index contributed by atoms with van der Waals surface area (Å²) >= 11 is 8.91. The molecule has 0 radical (unpaired) electrons. The third-order valence-electron chi connectivity index (χ3n) is 3.39. The van der Waals surface area contributed by atoms with Crippen LogP contribution in [0.3, 0.4) is 0 Å². The molecule has 4 nitrogen and oxygen atoms in total. The van der Waals surface area contributed by atoms with E-state index in [0.717, 1.165) is 22.2 Å². The molecule has 1 atom stereocenters. The van der Waals surface area contributed by atoms with E-state index in [-0.39, 0.29) is 5.91 Å². The summed E-state index contributed by atoms with van der Waals surface area (Å²) in [5.74, 6) is 4.38. The SMILES string of the molecule is NNC(=O)C1c2[nH]c3ccccc3c2C=CC1(S)S. The van der Waals surface area contributed by atoms with Crippen LogP contribution < -0.4 is 11.3 Å². The van der Waals surface area contributed by atoms with Crippen LogP contribution in [0.2, 0.25) is 0 Å². The van der Waals surface area contributed by atoms with Gasteiger partial charge in [-0.1, -0.05) is 30.4 Å². The van der Waals surface area contributed by atoms with Gasteiger partial charge in [-0.15, -0.1) is 0 Å². The van der Waals surface area contributed by atoms with Crippen molar-refractivity contribution in [2.24, 2.45) is 5.84 Å². The van der Waals surface area contributed by atoms with Crippen molar-refractivity contribution in [1.82, 2.24) is 10.4 Å². The van der Waals surface area contributed by atoms with Gasteiger partial charge < -0.3 is 4.98 Å². The molecule has 0 bridgehead atoms. The van der Waals surface area contributed by atoms with Crippen LogP contribution >= 0.6 is 25.3 Å². The maximum Gasteiger partial charge on any atom is 0.245 e. The van der Waals surface area contributed by atoms with Crippen LogP contribution in [0.5, 0.6) is 0 Å². The molecule has 1 heterocycles. The normalized spacial score (nSPS) is 20.3. The summed E-state index contributed by atoms with van der Waals surface area (Å²) < 4.78 is -0.878. The van der Waals surface area contributed by atoms with Gasteiger partial charge >= 0.3 is 0 Å². The molecule has 6 heteroatoms. The van der Waals surface area contributed by atoms with Gasteiger partial charge in [-0.2, -0.15) is 25.3 Å². The smallest absolute Gasteiger partial charge is 0.245 e. The van der Waals surface area contributed by atoms with Gasteiger partial charge in [-0.3, -0.25) is 10.2 Å². The highest BCUT2D eigenvalue weighted by molar-refractivity contribution is 8.01. The Balaban J connectivity index is 2.27. The minimum absolute atomic E-state index is 0.317. The first-order valence-corrected chi connectivity index (χ1v) is 6.69. The van der Waals surface area contributed by atoms with E-state index >= 15 is 0 Å². The molecular weight excluding hydrogens is 278 g/mol. The molecule has 1 aliphatic carbocycles. The molecule has 1 aliphatic rings. The van der Waals surface area contributed by atoms with Gasteiger partial charge in [0.05, 0.1) is 4.08 Å². The second-order valence-electron chi connectivity index (χ2n) is 4.56.